The van der Waals surface area contributed by atoms with Crippen LogP contribution in [0, 0.1) is 0 Å². The van der Waals surface area contributed by atoms with E-state index < -0.39 is 15.9 Å². The number of carbonyl (C=O) groups excluding carboxylic acids is 2. The van der Waals surface area contributed by atoms with Gasteiger partial charge in [-0.1, -0.05) is 46.3 Å². The minimum Gasteiger partial charge on any atom is -0.379 e. The molecule has 0 bridgehead atoms. The first-order valence-corrected chi connectivity index (χ1v) is 14.9. The van der Waals surface area contributed by atoms with Gasteiger partial charge in [-0.25, -0.2) is 8.42 Å². The Bertz CT molecular complexity index is 1380. The summed E-state index contributed by atoms with van der Waals surface area (Å²) in [5.41, 5.74) is 0.835. The summed E-state index contributed by atoms with van der Waals surface area (Å²) in [6, 6.07) is 10.6. The molecular formula is C22H21Cl2N5O5S3. The molecule has 2 heterocycles. The highest BCUT2D eigenvalue weighted by Gasteiger charge is 2.26. The molecule has 1 aliphatic heterocycles. The summed E-state index contributed by atoms with van der Waals surface area (Å²) >= 11 is 14.3. The van der Waals surface area contributed by atoms with E-state index in [1.807, 2.05) is 0 Å². The zero-order valence-corrected chi connectivity index (χ0v) is 23.1. The van der Waals surface area contributed by atoms with Gasteiger partial charge in [0, 0.05) is 36.5 Å². The van der Waals surface area contributed by atoms with Crippen molar-refractivity contribution in [3.63, 3.8) is 0 Å². The third kappa shape index (κ3) is 7.41. The molecule has 15 heteroatoms. The summed E-state index contributed by atoms with van der Waals surface area (Å²) in [5.74, 6) is -0.179. The molecule has 2 amide bonds. The number of ether oxygens (including phenoxy) is 1. The largest absolute Gasteiger partial charge is 0.379 e. The average Bonchev–Trinajstić information content (AvgIpc) is 3.33. The third-order valence-corrected chi connectivity index (χ3v) is 9.73. The molecule has 1 aromatic heterocycles. The Labute approximate surface area is 231 Å². The summed E-state index contributed by atoms with van der Waals surface area (Å²) in [6.45, 7) is 1.30. The maximum atomic E-state index is 12.7. The first-order valence-electron chi connectivity index (χ1n) is 10.9. The monoisotopic (exact) mass is 601 g/mol. The van der Waals surface area contributed by atoms with Crippen LogP contribution in [0.2, 0.25) is 10.0 Å². The number of sulfonamides is 1. The van der Waals surface area contributed by atoms with Gasteiger partial charge in [0.1, 0.15) is 0 Å². The van der Waals surface area contributed by atoms with Gasteiger partial charge in [0.25, 0.3) is 5.91 Å². The maximum absolute atomic E-state index is 12.7. The van der Waals surface area contributed by atoms with Gasteiger partial charge < -0.3 is 10.1 Å². The topological polar surface area (TPSA) is 131 Å². The number of rotatable bonds is 9. The van der Waals surface area contributed by atoms with Gasteiger partial charge in [-0.3, -0.25) is 14.9 Å². The Morgan fingerprint density at radius 3 is 2.46 bits per heavy atom. The standard InChI is InChI=1S/C22H21Cl2N5O5S3/c23-17-6-3-15(13-18(17)24)25-19(30)7-12-35-22-28-27-21(36-22)26-20(31)14-1-4-16(5-2-14)37(32,33)29-8-10-34-11-9-29/h1-6,13H,7-12H2,(H,25,30)(H,26,27,31). The average molecular weight is 603 g/mol. The van der Waals surface area contributed by atoms with Crippen LogP contribution in [0.1, 0.15) is 16.8 Å². The second kappa shape index (κ2) is 12.5. The fraction of sp³-hybridized carbons (Fsp3) is 0.273. The molecule has 196 valence electrons. The van der Waals surface area contributed by atoms with Crippen molar-refractivity contribution in [3.8, 4) is 0 Å². The lowest BCUT2D eigenvalue weighted by Crippen LogP contribution is -2.40. The van der Waals surface area contributed by atoms with E-state index in [1.54, 1.807) is 18.2 Å². The molecule has 10 nitrogen and oxygen atoms in total. The molecule has 0 radical (unpaired) electrons. The molecule has 37 heavy (non-hydrogen) atoms. The van der Waals surface area contributed by atoms with Gasteiger partial charge in [-0.05, 0) is 42.5 Å². The number of nitrogens with zero attached hydrogens (tertiary/aromatic N) is 3. The van der Waals surface area contributed by atoms with Gasteiger partial charge in [0.05, 0.1) is 28.2 Å². The number of morpholine rings is 1. The zero-order chi connectivity index (χ0) is 26.4. The smallest absolute Gasteiger partial charge is 0.257 e. The van der Waals surface area contributed by atoms with E-state index in [-0.39, 0.29) is 27.9 Å². The fourth-order valence-electron chi connectivity index (χ4n) is 3.23. The lowest BCUT2D eigenvalue weighted by Gasteiger charge is -2.26. The summed E-state index contributed by atoms with van der Waals surface area (Å²) in [5, 5.41) is 14.4. The van der Waals surface area contributed by atoms with Crippen LogP contribution in [-0.4, -0.2) is 66.8 Å². The van der Waals surface area contributed by atoms with E-state index in [2.05, 4.69) is 20.8 Å². The normalized spacial score (nSPS) is 14.3. The molecule has 2 aromatic carbocycles. The highest BCUT2D eigenvalue weighted by atomic mass is 35.5. The molecular weight excluding hydrogens is 581 g/mol. The van der Waals surface area contributed by atoms with Gasteiger partial charge >= 0.3 is 0 Å². The highest BCUT2D eigenvalue weighted by molar-refractivity contribution is 8.01. The molecule has 2 N–H and O–H groups in total. The van der Waals surface area contributed by atoms with Gasteiger partial charge in [0.2, 0.25) is 21.1 Å². The predicted octanol–water partition coefficient (Wildman–Crippen LogP) is 4.24. The van der Waals surface area contributed by atoms with E-state index >= 15 is 0 Å². The summed E-state index contributed by atoms with van der Waals surface area (Å²) in [6.07, 6.45) is 0.228. The summed E-state index contributed by atoms with van der Waals surface area (Å²) < 4.78 is 32.6. The first kappa shape index (κ1) is 27.8. The highest BCUT2D eigenvalue weighted by Crippen LogP contribution is 2.28. The molecule has 1 aliphatic rings. The molecule has 0 spiro atoms. The number of carbonyl (C=O) groups is 2. The van der Waals surface area contributed by atoms with Crippen molar-refractivity contribution in [2.75, 3.05) is 42.7 Å². The van der Waals surface area contributed by atoms with E-state index in [1.165, 1.54) is 51.7 Å². The molecule has 4 rings (SSSR count). The Hall–Kier alpha value is -2.26. The van der Waals surface area contributed by atoms with E-state index in [0.29, 0.717) is 52.1 Å². The fourth-order valence-corrected chi connectivity index (χ4v) is 6.69. The summed E-state index contributed by atoms with van der Waals surface area (Å²) in [4.78, 5) is 24.8. The predicted molar refractivity (Wildman–Crippen MR) is 144 cm³/mol. The van der Waals surface area contributed by atoms with Crippen molar-refractivity contribution in [2.24, 2.45) is 0 Å². The molecule has 1 fully saturated rings. The van der Waals surface area contributed by atoms with Crippen molar-refractivity contribution in [1.29, 1.82) is 0 Å². The lowest BCUT2D eigenvalue weighted by atomic mass is 10.2. The number of amides is 2. The van der Waals surface area contributed by atoms with E-state index in [0.717, 1.165) is 0 Å². The van der Waals surface area contributed by atoms with Crippen molar-refractivity contribution >= 4 is 79.0 Å². The molecule has 0 saturated carbocycles. The van der Waals surface area contributed by atoms with Crippen molar-refractivity contribution in [1.82, 2.24) is 14.5 Å². The van der Waals surface area contributed by atoms with Crippen molar-refractivity contribution < 1.29 is 22.7 Å². The van der Waals surface area contributed by atoms with Gasteiger partial charge in [0.15, 0.2) is 4.34 Å². The molecule has 3 aromatic rings. The lowest BCUT2D eigenvalue weighted by molar-refractivity contribution is -0.115. The minimum atomic E-state index is -3.64. The number of anilines is 2. The Balaban J connectivity index is 1.25. The number of hydrogen-bond acceptors (Lipinski definition) is 9. The molecule has 1 saturated heterocycles. The Kier molecular flexibility index (Phi) is 9.40. The Morgan fingerprint density at radius 1 is 1.03 bits per heavy atom. The number of halogens is 2. The van der Waals surface area contributed by atoms with Crippen LogP contribution in [-0.2, 0) is 19.6 Å². The zero-order valence-electron chi connectivity index (χ0n) is 19.1. The van der Waals surface area contributed by atoms with Gasteiger partial charge in [-0.2, -0.15) is 4.31 Å². The minimum absolute atomic E-state index is 0.115. The van der Waals surface area contributed by atoms with Crippen LogP contribution >= 0.6 is 46.3 Å². The van der Waals surface area contributed by atoms with Crippen LogP contribution in [0.5, 0.6) is 0 Å². The molecule has 0 aliphatic carbocycles. The first-order chi connectivity index (χ1) is 17.7. The van der Waals surface area contributed by atoms with E-state index in [9.17, 15) is 18.0 Å². The van der Waals surface area contributed by atoms with Crippen molar-refractivity contribution in [2.45, 2.75) is 15.7 Å². The van der Waals surface area contributed by atoms with Crippen molar-refractivity contribution in [3.05, 3.63) is 58.1 Å². The summed E-state index contributed by atoms with van der Waals surface area (Å²) in [7, 11) is -3.64. The van der Waals surface area contributed by atoms with Crippen LogP contribution < -0.4 is 10.6 Å². The second-order valence-electron chi connectivity index (χ2n) is 7.64. The number of thioether (sulfide) groups is 1. The number of hydrogen-bond donors (Lipinski definition) is 2. The quantitative estimate of drug-likeness (QED) is 0.275. The maximum Gasteiger partial charge on any atom is 0.257 e. The number of nitrogens with one attached hydrogen (secondary N) is 2. The van der Waals surface area contributed by atoms with E-state index in [4.69, 9.17) is 27.9 Å². The van der Waals surface area contributed by atoms with Crippen LogP contribution in [0.15, 0.2) is 51.7 Å². The molecule has 0 unspecified atom stereocenters. The number of benzene rings is 2. The molecule has 0 atom stereocenters. The van der Waals surface area contributed by atoms with Gasteiger partial charge in [-0.15, -0.1) is 10.2 Å². The van der Waals surface area contributed by atoms with Crippen LogP contribution in [0.25, 0.3) is 0 Å². The Morgan fingerprint density at radius 2 is 1.76 bits per heavy atom. The third-order valence-electron chi connectivity index (χ3n) is 5.11. The van der Waals surface area contributed by atoms with Crippen LogP contribution in [0.4, 0.5) is 10.8 Å². The van der Waals surface area contributed by atoms with Crippen LogP contribution in [0.3, 0.4) is 0 Å². The SMILES string of the molecule is O=C(CCSc1nnc(NC(=O)c2ccc(S(=O)(=O)N3CCOCC3)cc2)s1)Nc1ccc(Cl)c(Cl)c1. The second-order valence-corrected chi connectivity index (χ2v) is 12.7. The number of aromatic nitrogens is 2.